The van der Waals surface area contributed by atoms with Gasteiger partial charge in [-0.15, -0.1) is 0 Å². The number of anilines is 1. The van der Waals surface area contributed by atoms with Gasteiger partial charge in [-0.3, -0.25) is 9.59 Å². The van der Waals surface area contributed by atoms with Gasteiger partial charge in [0.05, 0.1) is 11.7 Å². The average molecular weight is 476 g/mol. The van der Waals surface area contributed by atoms with Crippen molar-refractivity contribution in [3.8, 4) is 5.75 Å². The highest BCUT2D eigenvalue weighted by Gasteiger charge is 2.42. The molecule has 1 fully saturated rings. The number of piperidine rings is 1. The Morgan fingerprint density at radius 3 is 2.65 bits per heavy atom. The number of benzene rings is 1. The fourth-order valence-corrected chi connectivity index (χ4v) is 4.85. The third kappa shape index (κ3) is 5.14. The second kappa shape index (κ2) is 10.2. The van der Waals surface area contributed by atoms with E-state index >= 15 is 0 Å². The summed E-state index contributed by atoms with van der Waals surface area (Å²) in [6.07, 6.45) is 1.15. The molecular weight excluding hydrogens is 438 g/mol. The fourth-order valence-electron chi connectivity index (χ4n) is 4.85. The Balaban J connectivity index is 1.98. The van der Waals surface area contributed by atoms with Crippen molar-refractivity contribution in [2.24, 2.45) is 0 Å². The molecule has 1 N–H and O–H groups in total. The molecule has 3 rings (SSSR count). The van der Waals surface area contributed by atoms with Crippen molar-refractivity contribution in [2.45, 2.75) is 71.6 Å². The van der Waals surface area contributed by atoms with Crippen LogP contribution in [0.4, 0.5) is 10.5 Å². The third-order valence-electron chi connectivity index (χ3n) is 6.53. The molecule has 9 nitrogen and oxygen atoms in total. The Bertz CT molecular complexity index is 945. The van der Waals surface area contributed by atoms with Crippen LogP contribution in [-0.2, 0) is 9.53 Å². The van der Waals surface area contributed by atoms with Gasteiger partial charge in [0.1, 0.15) is 5.75 Å². The molecule has 0 spiro atoms. The molecular formula is C25H37N3O6. The summed E-state index contributed by atoms with van der Waals surface area (Å²) in [4.78, 5) is 43.4. The molecule has 3 amide bonds. The lowest BCUT2D eigenvalue weighted by atomic mass is 9.97. The third-order valence-corrected chi connectivity index (χ3v) is 6.53. The molecule has 0 bridgehead atoms. The Labute approximate surface area is 201 Å². The average Bonchev–Trinajstić information content (AvgIpc) is 2.76. The van der Waals surface area contributed by atoms with Gasteiger partial charge in [-0.05, 0) is 71.6 Å². The lowest BCUT2D eigenvalue weighted by Gasteiger charge is -2.41. The molecule has 0 aliphatic carbocycles. The van der Waals surface area contributed by atoms with Crippen LogP contribution in [0.3, 0.4) is 0 Å². The summed E-state index contributed by atoms with van der Waals surface area (Å²) in [5.41, 5.74) is 0.814. The zero-order valence-electron chi connectivity index (χ0n) is 21.1. The maximum Gasteiger partial charge on any atom is 0.407 e. The number of rotatable bonds is 7. The van der Waals surface area contributed by atoms with E-state index in [-0.39, 0.29) is 23.9 Å². The predicted octanol–water partition coefficient (Wildman–Crippen LogP) is 3.53. The van der Waals surface area contributed by atoms with E-state index in [9.17, 15) is 19.5 Å². The van der Waals surface area contributed by atoms with Crippen molar-refractivity contribution in [3.05, 3.63) is 23.3 Å². The van der Waals surface area contributed by atoms with Crippen LogP contribution in [-0.4, -0.2) is 83.8 Å². The summed E-state index contributed by atoms with van der Waals surface area (Å²) in [5, 5.41) is 9.46. The highest BCUT2D eigenvalue weighted by atomic mass is 16.5. The highest BCUT2D eigenvalue weighted by Crippen LogP contribution is 2.40. The van der Waals surface area contributed by atoms with Crippen molar-refractivity contribution >= 4 is 23.6 Å². The minimum Gasteiger partial charge on any atom is -0.476 e. The number of methoxy groups -OCH3 is 1. The number of fused-ring (bicyclic) bond motifs is 1. The standard InChI is InChI=1S/C25H37N3O6/c1-16(2)28(18-9-7-10-26(15-18)24(31)32)22(29)19-14-20-21(13-17(19)3)34-25(4,5)23(30)27(20)11-8-12-33-6/h13-14,16,18H,7-12,15H2,1-6H3,(H,31,32)/t18-/m1/s1. The van der Waals surface area contributed by atoms with E-state index < -0.39 is 11.7 Å². The second-order valence-corrected chi connectivity index (χ2v) is 9.88. The van der Waals surface area contributed by atoms with Crippen LogP contribution in [0.5, 0.6) is 5.75 Å². The first kappa shape index (κ1) is 25.8. The van der Waals surface area contributed by atoms with Gasteiger partial charge < -0.3 is 29.3 Å². The Kier molecular flexibility index (Phi) is 7.75. The molecule has 188 valence electrons. The number of carbonyl (C=O) groups is 3. The molecule has 0 saturated carbocycles. The zero-order valence-corrected chi connectivity index (χ0v) is 21.1. The van der Waals surface area contributed by atoms with Gasteiger partial charge in [0.15, 0.2) is 5.60 Å². The Morgan fingerprint density at radius 2 is 2.03 bits per heavy atom. The van der Waals surface area contributed by atoms with Gasteiger partial charge in [-0.1, -0.05) is 0 Å². The van der Waals surface area contributed by atoms with Crippen molar-refractivity contribution < 1.29 is 29.0 Å². The van der Waals surface area contributed by atoms with Crippen LogP contribution in [0.1, 0.15) is 62.9 Å². The van der Waals surface area contributed by atoms with Gasteiger partial charge in [0, 0.05) is 45.0 Å². The normalized spacial score (nSPS) is 19.6. The predicted molar refractivity (Wildman–Crippen MR) is 129 cm³/mol. The SMILES string of the molecule is COCCCN1C(=O)C(C)(C)Oc2cc(C)c(C(=O)N(C(C)C)[C@@H]3CCCN(C(=O)O)C3)cc21. The highest BCUT2D eigenvalue weighted by molar-refractivity contribution is 6.05. The minimum absolute atomic E-state index is 0.115. The molecule has 0 radical (unpaired) electrons. The van der Waals surface area contributed by atoms with Crippen molar-refractivity contribution in [1.82, 2.24) is 9.80 Å². The monoisotopic (exact) mass is 475 g/mol. The number of hydrogen-bond acceptors (Lipinski definition) is 5. The molecule has 0 unspecified atom stereocenters. The second-order valence-electron chi connectivity index (χ2n) is 9.88. The Morgan fingerprint density at radius 1 is 1.32 bits per heavy atom. The smallest absolute Gasteiger partial charge is 0.407 e. The first-order valence-electron chi connectivity index (χ1n) is 11.9. The summed E-state index contributed by atoms with van der Waals surface area (Å²) < 4.78 is 11.2. The minimum atomic E-state index is -1.01. The van der Waals surface area contributed by atoms with Crippen LogP contribution in [0.15, 0.2) is 12.1 Å². The molecule has 1 saturated heterocycles. The zero-order chi connectivity index (χ0) is 25.2. The van der Waals surface area contributed by atoms with Crippen molar-refractivity contribution in [1.29, 1.82) is 0 Å². The molecule has 2 aliphatic rings. The number of hydrogen-bond donors (Lipinski definition) is 1. The number of carbonyl (C=O) groups excluding carboxylic acids is 2. The van der Waals surface area contributed by atoms with E-state index in [0.29, 0.717) is 56.1 Å². The lowest BCUT2D eigenvalue weighted by Crippen LogP contribution is -2.54. The summed E-state index contributed by atoms with van der Waals surface area (Å²) in [6.45, 7) is 11.0. The first-order chi connectivity index (χ1) is 16.0. The van der Waals surface area contributed by atoms with Gasteiger partial charge in [-0.25, -0.2) is 4.79 Å². The molecule has 9 heteroatoms. The van der Waals surface area contributed by atoms with Gasteiger partial charge in [0.25, 0.3) is 11.8 Å². The Hall–Kier alpha value is -2.81. The molecule has 2 aliphatic heterocycles. The maximum absolute atomic E-state index is 13.8. The van der Waals surface area contributed by atoms with E-state index in [1.54, 1.807) is 36.8 Å². The largest absolute Gasteiger partial charge is 0.476 e. The summed E-state index contributed by atoms with van der Waals surface area (Å²) in [5.74, 6) is 0.243. The number of likely N-dealkylation sites (tertiary alicyclic amines) is 1. The van der Waals surface area contributed by atoms with Crippen LogP contribution < -0.4 is 9.64 Å². The molecule has 1 aromatic carbocycles. The summed E-state index contributed by atoms with van der Waals surface area (Å²) in [6, 6.07) is 3.25. The molecule has 1 atom stereocenters. The van der Waals surface area contributed by atoms with E-state index in [0.717, 1.165) is 12.0 Å². The number of nitrogens with zero attached hydrogens (tertiary/aromatic N) is 3. The molecule has 0 aromatic heterocycles. The van der Waals surface area contributed by atoms with Crippen molar-refractivity contribution in [2.75, 3.05) is 38.3 Å². The van der Waals surface area contributed by atoms with Crippen LogP contribution in [0.2, 0.25) is 0 Å². The summed E-state index contributed by atoms with van der Waals surface area (Å²) >= 11 is 0. The van der Waals surface area contributed by atoms with Crippen LogP contribution in [0.25, 0.3) is 0 Å². The molecule has 2 heterocycles. The lowest BCUT2D eigenvalue weighted by molar-refractivity contribution is -0.132. The van der Waals surface area contributed by atoms with Crippen LogP contribution in [0, 0.1) is 6.92 Å². The molecule has 1 aromatic rings. The van der Waals surface area contributed by atoms with E-state index in [4.69, 9.17) is 9.47 Å². The number of aryl methyl sites for hydroxylation is 1. The van der Waals surface area contributed by atoms with E-state index in [2.05, 4.69) is 0 Å². The fraction of sp³-hybridized carbons (Fsp3) is 0.640. The van der Waals surface area contributed by atoms with Crippen LogP contribution >= 0.6 is 0 Å². The maximum atomic E-state index is 13.8. The van der Waals surface area contributed by atoms with Gasteiger partial charge >= 0.3 is 6.09 Å². The number of ether oxygens (including phenoxy) is 2. The van der Waals surface area contributed by atoms with Gasteiger partial charge in [-0.2, -0.15) is 0 Å². The van der Waals surface area contributed by atoms with E-state index in [1.165, 1.54) is 4.90 Å². The van der Waals surface area contributed by atoms with Gasteiger partial charge in [0.2, 0.25) is 0 Å². The van der Waals surface area contributed by atoms with E-state index in [1.807, 2.05) is 26.8 Å². The first-order valence-corrected chi connectivity index (χ1v) is 11.9. The topological polar surface area (TPSA) is 99.6 Å². The van der Waals surface area contributed by atoms with Crippen molar-refractivity contribution in [3.63, 3.8) is 0 Å². The number of amides is 3. The quantitative estimate of drug-likeness (QED) is 0.606. The molecule has 34 heavy (non-hydrogen) atoms. The number of carboxylic acid groups (broad SMARTS) is 1. The summed E-state index contributed by atoms with van der Waals surface area (Å²) in [7, 11) is 1.62.